The minimum atomic E-state index is -3.56. The van der Waals surface area contributed by atoms with Crippen molar-refractivity contribution in [1.29, 1.82) is 0 Å². The smallest absolute Gasteiger partial charge is 0.324 e. The molecule has 4 N–H and O–H groups in total. The monoisotopic (exact) mass is 401 g/mol. The molecular formula is C17H19N7O3S. The molecule has 0 bridgehead atoms. The number of imidazole rings is 1. The van der Waals surface area contributed by atoms with Gasteiger partial charge in [-0.1, -0.05) is 12.8 Å². The third kappa shape index (κ3) is 3.94. The Kier molecular flexibility index (Phi) is 4.92. The first kappa shape index (κ1) is 18.3. The maximum Gasteiger partial charge on any atom is 0.324 e. The number of benzene rings is 1. The van der Waals surface area contributed by atoms with Crippen LogP contribution in [0, 0.1) is 0 Å². The molecule has 4 rings (SSSR count). The van der Waals surface area contributed by atoms with Crippen LogP contribution in [0.2, 0.25) is 0 Å². The number of amides is 2. The number of sulfonamides is 1. The first-order valence-corrected chi connectivity index (χ1v) is 10.3. The van der Waals surface area contributed by atoms with Gasteiger partial charge in [-0.2, -0.15) is 0 Å². The Morgan fingerprint density at radius 2 is 1.79 bits per heavy atom. The van der Waals surface area contributed by atoms with Crippen molar-refractivity contribution in [3.63, 3.8) is 0 Å². The third-order valence-electron chi connectivity index (χ3n) is 4.55. The summed E-state index contributed by atoms with van der Waals surface area (Å²) in [6.07, 6.45) is 6.58. The Bertz CT molecular complexity index is 1090. The molecule has 1 saturated carbocycles. The van der Waals surface area contributed by atoms with Gasteiger partial charge in [0.1, 0.15) is 11.8 Å². The summed E-state index contributed by atoms with van der Waals surface area (Å²) in [6.45, 7) is 0. The van der Waals surface area contributed by atoms with Crippen LogP contribution in [0.15, 0.2) is 41.8 Å². The maximum absolute atomic E-state index is 12.4. The lowest BCUT2D eigenvalue weighted by Crippen LogP contribution is -2.32. The van der Waals surface area contributed by atoms with Gasteiger partial charge in [-0.05, 0) is 37.1 Å². The number of urea groups is 1. The van der Waals surface area contributed by atoms with Gasteiger partial charge < -0.3 is 10.3 Å². The number of carbonyl (C=O) groups is 1. The fraction of sp³-hybridized carbons (Fsp3) is 0.294. The Labute approximate surface area is 161 Å². The average molecular weight is 401 g/mol. The second-order valence-electron chi connectivity index (χ2n) is 6.53. The highest BCUT2D eigenvalue weighted by Gasteiger charge is 2.22. The molecule has 1 aliphatic carbocycles. The zero-order valence-corrected chi connectivity index (χ0v) is 15.7. The summed E-state index contributed by atoms with van der Waals surface area (Å²) in [7, 11) is -3.56. The summed E-state index contributed by atoms with van der Waals surface area (Å²) < 4.78 is 27.6. The van der Waals surface area contributed by atoms with Gasteiger partial charge in [-0.25, -0.2) is 32.9 Å². The lowest BCUT2D eigenvalue weighted by atomic mass is 10.3. The summed E-state index contributed by atoms with van der Waals surface area (Å²) >= 11 is 0. The number of anilines is 2. The summed E-state index contributed by atoms with van der Waals surface area (Å²) in [6, 6.07) is 5.48. The topological polar surface area (TPSA) is 142 Å². The van der Waals surface area contributed by atoms with Crippen LogP contribution in [0.25, 0.3) is 11.2 Å². The molecule has 1 aliphatic rings. The van der Waals surface area contributed by atoms with Crippen LogP contribution in [-0.4, -0.2) is 40.4 Å². The Hall–Kier alpha value is -3.05. The second-order valence-corrected chi connectivity index (χ2v) is 8.24. The zero-order valence-electron chi connectivity index (χ0n) is 14.8. The van der Waals surface area contributed by atoms with Gasteiger partial charge in [0, 0.05) is 11.7 Å². The molecule has 3 aromatic rings. The largest absolute Gasteiger partial charge is 0.340 e. The second kappa shape index (κ2) is 7.52. The maximum atomic E-state index is 12.4. The van der Waals surface area contributed by atoms with Crippen LogP contribution in [0.5, 0.6) is 0 Å². The van der Waals surface area contributed by atoms with Gasteiger partial charge in [0.25, 0.3) is 0 Å². The van der Waals surface area contributed by atoms with Crippen molar-refractivity contribution in [2.45, 2.75) is 36.6 Å². The number of nitrogens with zero attached hydrogens (tertiary/aromatic N) is 3. The van der Waals surface area contributed by atoms with E-state index in [4.69, 9.17) is 0 Å². The molecule has 28 heavy (non-hydrogen) atoms. The van der Waals surface area contributed by atoms with Crippen molar-refractivity contribution < 1.29 is 13.2 Å². The molecule has 0 saturated heterocycles. The molecule has 0 spiro atoms. The Morgan fingerprint density at radius 3 is 2.54 bits per heavy atom. The van der Waals surface area contributed by atoms with Crippen LogP contribution in [-0.2, 0) is 10.0 Å². The molecule has 11 heteroatoms. The molecule has 1 fully saturated rings. The summed E-state index contributed by atoms with van der Waals surface area (Å²) in [4.78, 5) is 27.2. The van der Waals surface area contributed by atoms with E-state index in [0.717, 1.165) is 25.7 Å². The van der Waals surface area contributed by atoms with E-state index in [-0.39, 0.29) is 10.9 Å². The van der Waals surface area contributed by atoms with Crippen molar-refractivity contribution in [2.75, 3.05) is 10.6 Å². The van der Waals surface area contributed by atoms with Gasteiger partial charge in [0.2, 0.25) is 10.0 Å². The van der Waals surface area contributed by atoms with E-state index < -0.39 is 16.1 Å². The first-order valence-electron chi connectivity index (χ1n) is 8.86. The number of hydrogen-bond acceptors (Lipinski definition) is 6. The number of carbonyl (C=O) groups excluding carboxylic acids is 1. The fourth-order valence-electron chi connectivity index (χ4n) is 3.18. The summed E-state index contributed by atoms with van der Waals surface area (Å²) in [5.74, 6) is 0.292. The van der Waals surface area contributed by atoms with Crippen molar-refractivity contribution in [1.82, 2.24) is 24.7 Å². The highest BCUT2D eigenvalue weighted by atomic mass is 32.2. The van der Waals surface area contributed by atoms with E-state index in [2.05, 4.69) is 35.3 Å². The first-order chi connectivity index (χ1) is 13.5. The number of rotatable bonds is 5. The van der Waals surface area contributed by atoms with Crippen LogP contribution in [0.3, 0.4) is 0 Å². The van der Waals surface area contributed by atoms with E-state index in [0.29, 0.717) is 22.7 Å². The summed E-state index contributed by atoms with van der Waals surface area (Å²) in [5.41, 5.74) is 1.40. The predicted octanol–water partition coefficient (Wildman–Crippen LogP) is 2.22. The molecule has 0 atom stereocenters. The van der Waals surface area contributed by atoms with Crippen LogP contribution in [0.1, 0.15) is 25.7 Å². The van der Waals surface area contributed by atoms with Gasteiger partial charge in [0.05, 0.1) is 11.2 Å². The van der Waals surface area contributed by atoms with Crippen LogP contribution in [0.4, 0.5) is 16.3 Å². The third-order valence-corrected chi connectivity index (χ3v) is 6.09. The standard InChI is InChI=1S/C17H19N7O3S/c25-17(23-16-14-15(19-9-18-14)20-10-21-16)22-11-5-7-13(8-6-11)28(26,27)24-12-3-1-2-4-12/h5-10,12,24H,1-4H2,(H3,18,19,20,21,22,23,25). The van der Waals surface area contributed by atoms with Crippen molar-refractivity contribution in [2.24, 2.45) is 0 Å². The molecule has 2 amide bonds. The van der Waals surface area contributed by atoms with Crippen LogP contribution >= 0.6 is 0 Å². The SMILES string of the molecule is O=C(Nc1ccc(S(=O)(=O)NC2CCCC2)cc1)Nc1ncnc2nc[nH]c12. The number of H-pyrrole nitrogens is 1. The molecule has 146 valence electrons. The fourth-order valence-corrected chi connectivity index (χ4v) is 4.48. The normalized spacial score (nSPS) is 15.0. The lowest BCUT2D eigenvalue weighted by Gasteiger charge is -2.13. The quantitative estimate of drug-likeness (QED) is 0.516. The van der Waals surface area contributed by atoms with Gasteiger partial charge in [-0.15, -0.1) is 0 Å². The molecule has 1 aromatic carbocycles. The van der Waals surface area contributed by atoms with Gasteiger partial charge >= 0.3 is 6.03 Å². The van der Waals surface area contributed by atoms with Crippen LogP contribution < -0.4 is 15.4 Å². The van der Waals surface area contributed by atoms with E-state index in [1.165, 1.54) is 36.9 Å². The minimum Gasteiger partial charge on any atom is -0.340 e. The molecule has 0 aliphatic heterocycles. The predicted molar refractivity (Wildman–Crippen MR) is 103 cm³/mol. The zero-order chi connectivity index (χ0) is 19.6. The summed E-state index contributed by atoms with van der Waals surface area (Å²) in [5, 5.41) is 5.25. The molecule has 2 heterocycles. The molecular weight excluding hydrogens is 382 g/mol. The van der Waals surface area contributed by atoms with Gasteiger partial charge in [-0.3, -0.25) is 5.32 Å². The van der Waals surface area contributed by atoms with E-state index in [9.17, 15) is 13.2 Å². The van der Waals surface area contributed by atoms with Gasteiger partial charge in [0.15, 0.2) is 11.5 Å². The number of aromatic amines is 1. The lowest BCUT2D eigenvalue weighted by molar-refractivity contribution is 0.262. The number of aromatic nitrogens is 4. The Morgan fingerprint density at radius 1 is 1.04 bits per heavy atom. The number of fused-ring (bicyclic) bond motifs is 1. The molecule has 2 aromatic heterocycles. The Balaban J connectivity index is 1.41. The number of hydrogen-bond donors (Lipinski definition) is 4. The molecule has 0 unspecified atom stereocenters. The van der Waals surface area contributed by atoms with E-state index in [1.807, 2.05) is 0 Å². The van der Waals surface area contributed by atoms with Crippen molar-refractivity contribution >= 4 is 38.7 Å². The van der Waals surface area contributed by atoms with Crippen molar-refractivity contribution in [3.8, 4) is 0 Å². The average Bonchev–Trinajstić information content (AvgIpc) is 3.34. The highest BCUT2D eigenvalue weighted by molar-refractivity contribution is 7.89. The minimum absolute atomic E-state index is 0.000703. The molecule has 10 nitrogen and oxygen atoms in total. The van der Waals surface area contributed by atoms with Crippen molar-refractivity contribution in [3.05, 3.63) is 36.9 Å². The highest BCUT2D eigenvalue weighted by Crippen LogP contribution is 2.21. The molecule has 0 radical (unpaired) electrons. The van der Waals surface area contributed by atoms with E-state index in [1.54, 1.807) is 0 Å². The van der Waals surface area contributed by atoms with E-state index >= 15 is 0 Å². The number of nitrogens with one attached hydrogen (secondary N) is 4.